The van der Waals surface area contributed by atoms with Gasteiger partial charge < -0.3 is 10.2 Å². The van der Waals surface area contributed by atoms with Crippen LogP contribution in [0.15, 0.2) is 47.4 Å². The molecule has 1 aliphatic heterocycles. The average molecular weight is 554 g/mol. The first-order chi connectivity index (χ1) is 17.1. The summed E-state index contributed by atoms with van der Waals surface area (Å²) in [6, 6.07) is 10.2. The van der Waals surface area contributed by atoms with E-state index in [-0.39, 0.29) is 48.2 Å². The largest absolute Gasteiger partial charge is 0.354 e. The molecule has 2 aromatic rings. The van der Waals surface area contributed by atoms with Gasteiger partial charge in [0.15, 0.2) is 0 Å². The van der Waals surface area contributed by atoms with Crippen molar-refractivity contribution in [3.63, 3.8) is 0 Å². The minimum absolute atomic E-state index is 0.0287. The van der Waals surface area contributed by atoms with Crippen LogP contribution in [-0.4, -0.2) is 54.5 Å². The number of benzene rings is 2. The molecule has 0 fully saturated rings. The standard InChI is InChI=1S/C25H29Cl2N3O5S/c1-3-13-28-24(32)21(4-2)29(16-17-11-12-18(26)15-20(17)27)23(31)10-7-14-30-25(33)19-8-5-6-9-22(19)36(30,34)35/h5-6,8-9,11-12,15,21H,3-4,7,10,13-14,16H2,1-2H3,(H,28,32). The Morgan fingerprint density at radius 1 is 1.11 bits per heavy atom. The van der Waals surface area contributed by atoms with E-state index in [4.69, 9.17) is 23.2 Å². The predicted molar refractivity (Wildman–Crippen MR) is 138 cm³/mol. The molecule has 3 rings (SSSR count). The van der Waals surface area contributed by atoms with Crippen LogP contribution in [0.3, 0.4) is 0 Å². The predicted octanol–water partition coefficient (Wildman–Crippen LogP) is 4.25. The van der Waals surface area contributed by atoms with Crippen LogP contribution in [0, 0.1) is 0 Å². The molecule has 194 valence electrons. The Balaban J connectivity index is 1.76. The van der Waals surface area contributed by atoms with Crippen LogP contribution < -0.4 is 5.32 Å². The van der Waals surface area contributed by atoms with E-state index in [1.54, 1.807) is 30.3 Å². The molecule has 1 atom stereocenters. The third-order valence-electron chi connectivity index (χ3n) is 5.95. The van der Waals surface area contributed by atoms with Gasteiger partial charge in [0, 0.05) is 36.1 Å². The first kappa shape index (κ1) is 28.0. The van der Waals surface area contributed by atoms with Crippen molar-refractivity contribution < 1.29 is 22.8 Å². The number of hydrogen-bond acceptors (Lipinski definition) is 5. The van der Waals surface area contributed by atoms with Gasteiger partial charge in [-0.05, 0) is 49.1 Å². The van der Waals surface area contributed by atoms with Gasteiger partial charge in [0.25, 0.3) is 15.9 Å². The second kappa shape index (κ2) is 12.1. The maximum absolute atomic E-state index is 13.4. The SMILES string of the molecule is CCCNC(=O)C(CC)N(Cc1ccc(Cl)cc1Cl)C(=O)CCCN1C(=O)c2ccccc2S1(=O)=O. The number of hydrogen-bond donors (Lipinski definition) is 1. The molecule has 1 heterocycles. The average Bonchev–Trinajstić information content (AvgIpc) is 3.04. The van der Waals surface area contributed by atoms with Crippen LogP contribution in [0.2, 0.25) is 10.0 Å². The van der Waals surface area contributed by atoms with E-state index < -0.39 is 22.0 Å². The number of amides is 3. The zero-order valence-corrected chi connectivity index (χ0v) is 22.5. The maximum atomic E-state index is 13.4. The van der Waals surface area contributed by atoms with Gasteiger partial charge in [-0.1, -0.05) is 55.2 Å². The van der Waals surface area contributed by atoms with Crippen molar-refractivity contribution in [1.29, 1.82) is 0 Å². The van der Waals surface area contributed by atoms with Gasteiger partial charge in [0.05, 0.1) is 5.56 Å². The van der Waals surface area contributed by atoms with Gasteiger partial charge >= 0.3 is 0 Å². The summed E-state index contributed by atoms with van der Waals surface area (Å²) in [6.45, 7) is 4.17. The fraction of sp³-hybridized carbons (Fsp3) is 0.400. The second-order valence-corrected chi connectivity index (χ2v) is 11.1. The molecule has 0 radical (unpaired) electrons. The number of carbonyl (C=O) groups is 3. The molecule has 11 heteroatoms. The zero-order valence-electron chi connectivity index (χ0n) is 20.2. The molecule has 0 saturated heterocycles. The molecule has 36 heavy (non-hydrogen) atoms. The van der Waals surface area contributed by atoms with E-state index in [0.29, 0.717) is 28.6 Å². The first-order valence-corrected chi connectivity index (χ1v) is 14.0. The van der Waals surface area contributed by atoms with Crippen molar-refractivity contribution in [2.45, 2.75) is 57.0 Å². The van der Waals surface area contributed by atoms with E-state index in [1.807, 2.05) is 13.8 Å². The van der Waals surface area contributed by atoms with Crippen molar-refractivity contribution in [2.75, 3.05) is 13.1 Å². The van der Waals surface area contributed by atoms with Gasteiger partial charge in [-0.25, -0.2) is 12.7 Å². The van der Waals surface area contributed by atoms with Crippen molar-refractivity contribution in [2.24, 2.45) is 0 Å². The number of fused-ring (bicyclic) bond motifs is 1. The summed E-state index contributed by atoms with van der Waals surface area (Å²) in [4.78, 5) is 40.3. The summed E-state index contributed by atoms with van der Waals surface area (Å²) >= 11 is 12.3. The molecule has 0 saturated carbocycles. The lowest BCUT2D eigenvalue weighted by Gasteiger charge is -2.31. The van der Waals surface area contributed by atoms with Crippen LogP contribution in [0.25, 0.3) is 0 Å². The van der Waals surface area contributed by atoms with E-state index in [2.05, 4.69) is 5.32 Å². The molecule has 1 N–H and O–H groups in total. The molecular weight excluding hydrogens is 525 g/mol. The number of nitrogens with one attached hydrogen (secondary N) is 1. The lowest BCUT2D eigenvalue weighted by Crippen LogP contribution is -2.49. The first-order valence-electron chi connectivity index (χ1n) is 11.8. The summed E-state index contributed by atoms with van der Waals surface area (Å²) in [5.41, 5.74) is 0.755. The summed E-state index contributed by atoms with van der Waals surface area (Å²) in [5.74, 6) is -1.22. The minimum Gasteiger partial charge on any atom is -0.354 e. The van der Waals surface area contributed by atoms with Gasteiger partial charge in [-0.15, -0.1) is 0 Å². The van der Waals surface area contributed by atoms with Crippen LogP contribution in [0.5, 0.6) is 0 Å². The van der Waals surface area contributed by atoms with Gasteiger partial charge in [-0.3, -0.25) is 14.4 Å². The lowest BCUT2D eigenvalue weighted by atomic mass is 10.1. The van der Waals surface area contributed by atoms with Crippen LogP contribution in [-0.2, 0) is 26.2 Å². The van der Waals surface area contributed by atoms with Gasteiger partial charge in [0.1, 0.15) is 10.9 Å². The molecule has 1 unspecified atom stereocenters. The van der Waals surface area contributed by atoms with Crippen molar-refractivity contribution in [3.05, 3.63) is 63.6 Å². The Kier molecular flexibility index (Phi) is 9.38. The normalized spacial score (nSPS) is 14.9. The zero-order chi connectivity index (χ0) is 26.5. The Morgan fingerprint density at radius 3 is 2.47 bits per heavy atom. The number of rotatable bonds is 11. The second-order valence-electron chi connectivity index (χ2n) is 8.45. The summed E-state index contributed by atoms with van der Waals surface area (Å²) in [5, 5.41) is 3.66. The fourth-order valence-electron chi connectivity index (χ4n) is 4.09. The Bertz CT molecular complexity index is 1250. The topological polar surface area (TPSA) is 104 Å². The monoisotopic (exact) mass is 553 g/mol. The molecule has 0 aromatic heterocycles. The van der Waals surface area contributed by atoms with Crippen molar-refractivity contribution in [1.82, 2.24) is 14.5 Å². The molecule has 0 bridgehead atoms. The quantitative estimate of drug-likeness (QED) is 0.447. The number of halogens is 2. The smallest absolute Gasteiger partial charge is 0.269 e. The fourth-order valence-corrected chi connectivity index (χ4v) is 6.16. The van der Waals surface area contributed by atoms with Crippen LogP contribution in [0.1, 0.15) is 55.5 Å². The van der Waals surface area contributed by atoms with E-state index in [1.165, 1.54) is 17.0 Å². The molecular formula is C25H29Cl2N3O5S. The van der Waals surface area contributed by atoms with E-state index in [9.17, 15) is 22.8 Å². The lowest BCUT2D eigenvalue weighted by molar-refractivity contribution is -0.141. The van der Waals surface area contributed by atoms with Crippen LogP contribution in [0.4, 0.5) is 0 Å². The highest BCUT2D eigenvalue weighted by atomic mass is 35.5. The molecule has 0 spiro atoms. The molecule has 0 aliphatic carbocycles. The molecule has 8 nitrogen and oxygen atoms in total. The number of nitrogens with zero attached hydrogens (tertiary/aromatic N) is 2. The molecule has 2 aromatic carbocycles. The van der Waals surface area contributed by atoms with Gasteiger partial charge in [0.2, 0.25) is 11.8 Å². The third kappa shape index (κ3) is 6.02. The highest BCUT2D eigenvalue weighted by molar-refractivity contribution is 7.90. The number of carbonyl (C=O) groups excluding carboxylic acids is 3. The van der Waals surface area contributed by atoms with Crippen molar-refractivity contribution >= 4 is 50.9 Å². The third-order valence-corrected chi connectivity index (χ3v) is 8.38. The maximum Gasteiger partial charge on any atom is 0.269 e. The Hall–Kier alpha value is -2.62. The van der Waals surface area contributed by atoms with Crippen LogP contribution >= 0.6 is 23.2 Å². The van der Waals surface area contributed by atoms with E-state index >= 15 is 0 Å². The molecule has 1 aliphatic rings. The molecule has 3 amide bonds. The van der Waals surface area contributed by atoms with Crippen molar-refractivity contribution in [3.8, 4) is 0 Å². The summed E-state index contributed by atoms with van der Waals surface area (Å²) in [6.07, 6.45) is 1.18. The minimum atomic E-state index is -3.95. The summed E-state index contributed by atoms with van der Waals surface area (Å²) in [7, 11) is -3.95. The summed E-state index contributed by atoms with van der Waals surface area (Å²) < 4.78 is 26.4. The van der Waals surface area contributed by atoms with E-state index in [0.717, 1.165) is 10.7 Å². The van der Waals surface area contributed by atoms with Gasteiger partial charge in [-0.2, -0.15) is 0 Å². The Labute approximate surface area is 221 Å². The highest BCUT2D eigenvalue weighted by Crippen LogP contribution is 2.30. The number of sulfonamides is 1. The highest BCUT2D eigenvalue weighted by Gasteiger charge is 2.40. The Morgan fingerprint density at radius 2 is 1.83 bits per heavy atom.